The molecule has 1 aromatic carbocycles. The fraction of sp³-hybridized carbons (Fsp3) is 0.481. The zero-order valence-corrected chi connectivity index (χ0v) is 19.4. The summed E-state index contributed by atoms with van der Waals surface area (Å²) in [7, 11) is 0. The minimum atomic E-state index is -1.14. The van der Waals surface area contributed by atoms with Crippen LogP contribution in [0.5, 0.6) is 0 Å². The van der Waals surface area contributed by atoms with Gasteiger partial charge in [0.25, 0.3) is 5.56 Å². The minimum absolute atomic E-state index is 0.00663. The minimum Gasteiger partial charge on any atom is -0.342 e. The smallest absolute Gasteiger partial charge is 0.250 e. The number of carbonyl (C=O) groups is 3. The molecule has 0 N–H and O–H groups in total. The molecule has 6 rings (SSSR count). The highest BCUT2D eigenvalue weighted by Crippen LogP contribution is 2.46. The number of hydrogen-bond acceptors (Lipinski definition) is 4. The number of amides is 3. The molecule has 1 aliphatic carbocycles. The third-order valence-electron chi connectivity index (χ3n) is 8.21. The second kappa shape index (κ2) is 7.65. The van der Waals surface area contributed by atoms with Crippen LogP contribution in [-0.2, 0) is 26.3 Å². The number of imide groups is 1. The number of pyridine rings is 1. The van der Waals surface area contributed by atoms with E-state index in [0.29, 0.717) is 19.6 Å². The van der Waals surface area contributed by atoms with Crippen molar-refractivity contribution < 1.29 is 14.4 Å². The molecule has 0 spiro atoms. The van der Waals surface area contributed by atoms with E-state index < -0.39 is 5.41 Å². The van der Waals surface area contributed by atoms with Crippen molar-refractivity contribution in [1.82, 2.24) is 14.4 Å². The summed E-state index contributed by atoms with van der Waals surface area (Å²) in [6.07, 6.45) is 2.72. The molecule has 1 aromatic heterocycles. The molecule has 4 heterocycles. The summed E-state index contributed by atoms with van der Waals surface area (Å²) in [6, 6.07) is 13.0. The highest BCUT2D eigenvalue weighted by Gasteiger charge is 2.57. The molecule has 176 valence electrons. The molecule has 3 fully saturated rings. The lowest BCUT2D eigenvalue weighted by molar-refractivity contribution is -0.144. The topological polar surface area (TPSA) is 79.7 Å². The van der Waals surface area contributed by atoms with Gasteiger partial charge in [0.15, 0.2) is 0 Å². The lowest BCUT2D eigenvalue weighted by Crippen LogP contribution is -2.51. The number of aryl methyl sites for hydroxylation is 1. The van der Waals surface area contributed by atoms with Gasteiger partial charge < -0.3 is 9.47 Å². The van der Waals surface area contributed by atoms with E-state index in [1.165, 1.54) is 4.90 Å². The van der Waals surface area contributed by atoms with E-state index in [2.05, 4.69) is 0 Å². The second-order valence-electron chi connectivity index (χ2n) is 10.5. The van der Waals surface area contributed by atoms with E-state index in [4.69, 9.17) is 0 Å². The average molecular weight is 460 g/mol. The quantitative estimate of drug-likeness (QED) is 0.658. The van der Waals surface area contributed by atoms with Gasteiger partial charge >= 0.3 is 0 Å². The van der Waals surface area contributed by atoms with E-state index in [1.54, 1.807) is 12.1 Å². The third kappa shape index (κ3) is 3.24. The number of benzene rings is 1. The number of rotatable bonds is 4. The molecule has 34 heavy (non-hydrogen) atoms. The molecule has 1 saturated carbocycles. The van der Waals surface area contributed by atoms with Crippen LogP contribution in [0.25, 0.3) is 0 Å². The monoisotopic (exact) mass is 459 g/mol. The van der Waals surface area contributed by atoms with Gasteiger partial charge in [0.2, 0.25) is 17.7 Å². The predicted octanol–water partition coefficient (Wildman–Crippen LogP) is 2.35. The number of piperidine rings is 1. The lowest BCUT2D eigenvalue weighted by Gasteiger charge is -2.43. The fourth-order valence-electron chi connectivity index (χ4n) is 6.49. The third-order valence-corrected chi connectivity index (χ3v) is 8.21. The summed E-state index contributed by atoms with van der Waals surface area (Å²) in [6.45, 7) is 3.68. The highest BCUT2D eigenvalue weighted by molar-refractivity contribution is 6.11. The number of hydrogen-bond donors (Lipinski definition) is 0. The molecule has 3 atom stereocenters. The van der Waals surface area contributed by atoms with E-state index in [9.17, 15) is 19.2 Å². The Hall–Kier alpha value is -3.22. The van der Waals surface area contributed by atoms with Crippen molar-refractivity contribution in [3.8, 4) is 0 Å². The van der Waals surface area contributed by atoms with Gasteiger partial charge in [-0.1, -0.05) is 30.3 Å². The first-order chi connectivity index (χ1) is 16.4. The molecule has 2 aromatic rings. The van der Waals surface area contributed by atoms with Gasteiger partial charge in [0, 0.05) is 56.2 Å². The summed E-state index contributed by atoms with van der Waals surface area (Å²) < 4.78 is 1.85. The Morgan fingerprint density at radius 2 is 1.79 bits per heavy atom. The van der Waals surface area contributed by atoms with Crippen LogP contribution in [0.1, 0.15) is 54.8 Å². The molecule has 4 aliphatic rings. The van der Waals surface area contributed by atoms with Crippen molar-refractivity contribution >= 4 is 17.7 Å². The highest BCUT2D eigenvalue weighted by atomic mass is 16.2. The Morgan fingerprint density at radius 3 is 2.56 bits per heavy atom. The Bertz CT molecular complexity index is 1260. The predicted molar refractivity (Wildman–Crippen MR) is 125 cm³/mol. The van der Waals surface area contributed by atoms with Crippen LogP contribution in [0.2, 0.25) is 0 Å². The number of aromatic nitrogens is 1. The van der Waals surface area contributed by atoms with Crippen LogP contribution < -0.4 is 5.56 Å². The zero-order valence-electron chi connectivity index (χ0n) is 19.4. The van der Waals surface area contributed by atoms with E-state index in [-0.39, 0.29) is 54.0 Å². The molecular weight excluding hydrogens is 430 g/mol. The van der Waals surface area contributed by atoms with Crippen LogP contribution in [0.15, 0.2) is 47.3 Å². The van der Waals surface area contributed by atoms with Gasteiger partial charge in [-0.15, -0.1) is 0 Å². The normalized spacial score (nSPS) is 28.3. The maximum atomic E-state index is 13.8. The summed E-state index contributed by atoms with van der Waals surface area (Å²) in [5.74, 6) is -0.121. The number of carbonyl (C=O) groups excluding carboxylic acids is 3. The first-order valence-electron chi connectivity index (χ1n) is 12.3. The Kier molecular flexibility index (Phi) is 4.80. The van der Waals surface area contributed by atoms with Gasteiger partial charge in [-0.05, 0) is 49.3 Å². The molecule has 3 amide bonds. The van der Waals surface area contributed by atoms with Gasteiger partial charge in [0.1, 0.15) is 0 Å². The molecule has 2 bridgehead atoms. The van der Waals surface area contributed by atoms with Crippen molar-refractivity contribution in [1.29, 1.82) is 0 Å². The molecule has 0 radical (unpaired) electrons. The van der Waals surface area contributed by atoms with Gasteiger partial charge in [0.05, 0.1) is 5.41 Å². The van der Waals surface area contributed by atoms with Crippen LogP contribution in [0.4, 0.5) is 0 Å². The summed E-state index contributed by atoms with van der Waals surface area (Å²) >= 11 is 0. The first-order valence-corrected chi connectivity index (χ1v) is 12.3. The van der Waals surface area contributed by atoms with Gasteiger partial charge in [-0.25, -0.2) is 0 Å². The Balaban J connectivity index is 1.32. The molecule has 2 saturated heterocycles. The van der Waals surface area contributed by atoms with Crippen LogP contribution in [0, 0.1) is 12.8 Å². The van der Waals surface area contributed by atoms with E-state index in [1.807, 2.05) is 46.7 Å². The molecular formula is C27H29N3O4. The second-order valence-corrected chi connectivity index (χ2v) is 10.5. The van der Waals surface area contributed by atoms with Gasteiger partial charge in [-0.3, -0.25) is 24.1 Å². The van der Waals surface area contributed by atoms with E-state index >= 15 is 0 Å². The fourth-order valence-corrected chi connectivity index (χ4v) is 6.49. The van der Waals surface area contributed by atoms with Crippen LogP contribution in [-0.4, -0.2) is 51.2 Å². The van der Waals surface area contributed by atoms with Crippen molar-refractivity contribution in [2.24, 2.45) is 5.92 Å². The number of nitrogens with zero attached hydrogens (tertiary/aromatic N) is 3. The molecule has 7 heteroatoms. The first kappa shape index (κ1) is 21.3. The van der Waals surface area contributed by atoms with E-state index in [0.717, 1.165) is 36.1 Å². The number of fused-ring (bicyclic) bond motifs is 4. The standard InChI is InChI=1S/C27H29N3O4/c1-17-5-2-3-6-21(17)27(13-25(33)30(26(27)34)20-9-10-20)12-24(32)28-14-18-11-19(16-28)22-7-4-8-23(31)29(22)15-18/h2-8,18-20H,9-16H2,1H3/t18-,19+,27+/m1/s1. The zero-order chi connectivity index (χ0) is 23.6. The van der Waals surface area contributed by atoms with Crippen LogP contribution >= 0.6 is 0 Å². The van der Waals surface area contributed by atoms with Crippen molar-refractivity contribution in [3.63, 3.8) is 0 Å². The van der Waals surface area contributed by atoms with Crippen molar-refractivity contribution in [2.45, 2.75) is 62.9 Å². The Morgan fingerprint density at radius 1 is 1.00 bits per heavy atom. The van der Waals surface area contributed by atoms with Gasteiger partial charge in [-0.2, -0.15) is 0 Å². The molecule has 7 nitrogen and oxygen atoms in total. The largest absolute Gasteiger partial charge is 0.342 e. The summed E-state index contributed by atoms with van der Waals surface area (Å²) in [5, 5.41) is 0. The van der Waals surface area contributed by atoms with Crippen LogP contribution in [0.3, 0.4) is 0 Å². The van der Waals surface area contributed by atoms with Crippen molar-refractivity contribution in [2.75, 3.05) is 13.1 Å². The average Bonchev–Trinajstić information content (AvgIpc) is 3.61. The summed E-state index contributed by atoms with van der Waals surface area (Å²) in [5.41, 5.74) is 1.59. The lowest BCUT2D eigenvalue weighted by atomic mass is 9.73. The maximum Gasteiger partial charge on any atom is 0.250 e. The number of likely N-dealkylation sites (tertiary alicyclic amines) is 2. The SMILES string of the molecule is Cc1ccccc1[C@]1(CC(=O)N2C[C@H]3C[C@@H](C2)c2cccc(=O)n2C3)CC(=O)N(C2CC2)C1=O. The summed E-state index contributed by atoms with van der Waals surface area (Å²) in [4.78, 5) is 56.2. The molecule has 0 unspecified atom stereocenters. The Labute approximate surface area is 198 Å². The molecule has 3 aliphatic heterocycles. The maximum absolute atomic E-state index is 13.8. The van der Waals surface area contributed by atoms with Crippen molar-refractivity contribution in [3.05, 3.63) is 69.6 Å².